The average Bonchev–Trinajstić information content (AvgIpc) is 2.76. The van der Waals surface area contributed by atoms with Crippen molar-refractivity contribution in [2.75, 3.05) is 14.2 Å². The van der Waals surface area contributed by atoms with Gasteiger partial charge >= 0.3 is 5.97 Å². The summed E-state index contributed by atoms with van der Waals surface area (Å²) in [5.74, 6) is -0.480. The molecule has 0 bridgehead atoms. The van der Waals surface area contributed by atoms with Crippen LogP contribution in [0.4, 0.5) is 0 Å². The first-order chi connectivity index (χ1) is 14.2. The number of esters is 1. The number of hydrogen-bond donors (Lipinski definition) is 0. The van der Waals surface area contributed by atoms with E-state index in [-0.39, 0.29) is 6.61 Å². The van der Waals surface area contributed by atoms with Crippen LogP contribution in [-0.2, 0) is 25.7 Å². The third-order valence-corrected chi connectivity index (χ3v) is 3.91. The van der Waals surface area contributed by atoms with Gasteiger partial charge in [0.05, 0.1) is 26.2 Å². The Hall–Kier alpha value is -3.60. The summed E-state index contributed by atoms with van der Waals surface area (Å²) in [5, 5.41) is 4.10. The van der Waals surface area contributed by atoms with Gasteiger partial charge in [-0.3, -0.25) is 0 Å². The summed E-state index contributed by atoms with van der Waals surface area (Å²) in [6.45, 7) is 2.06. The standard InChI is InChI=1S/C24H25NO4/c1-19(11-7-8-14-20-12-5-4-6-13-20)25-29-17-21-15-9-10-16-22(21)23(18-27-2)24(26)28-3/h4-16,18H,17H2,1-3H3. The lowest BCUT2D eigenvalue weighted by Crippen LogP contribution is -2.07. The van der Waals surface area contributed by atoms with Gasteiger partial charge < -0.3 is 14.3 Å². The van der Waals surface area contributed by atoms with E-state index in [4.69, 9.17) is 14.3 Å². The molecule has 0 aliphatic carbocycles. The molecule has 2 aromatic rings. The molecule has 0 unspecified atom stereocenters. The lowest BCUT2D eigenvalue weighted by Gasteiger charge is -2.10. The monoisotopic (exact) mass is 391 g/mol. The second-order valence-electron chi connectivity index (χ2n) is 6.05. The number of allylic oxidation sites excluding steroid dienone is 3. The maximum atomic E-state index is 12.0. The first kappa shape index (κ1) is 21.7. The topological polar surface area (TPSA) is 57.1 Å². The van der Waals surface area contributed by atoms with Gasteiger partial charge in [-0.25, -0.2) is 4.79 Å². The van der Waals surface area contributed by atoms with E-state index in [0.717, 1.165) is 16.8 Å². The van der Waals surface area contributed by atoms with E-state index < -0.39 is 5.97 Å². The molecule has 0 amide bonds. The second-order valence-corrected chi connectivity index (χ2v) is 6.05. The fraction of sp³-hybridized carbons (Fsp3) is 0.167. The van der Waals surface area contributed by atoms with Gasteiger partial charge in [-0.05, 0) is 24.1 Å². The van der Waals surface area contributed by atoms with Crippen molar-refractivity contribution in [3.63, 3.8) is 0 Å². The van der Waals surface area contributed by atoms with Crippen LogP contribution < -0.4 is 0 Å². The van der Waals surface area contributed by atoms with Crippen LogP contribution in [0.15, 0.2) is 84.2 Å². The predicted octanol–water partition coefficient (Wildman–Crippen LogP) is 5.01. The van der Waals surface area contributed by atoms with E-state index in [2.05, 4.69) is 5.16 Å². The average molecular weight is 391 g/mol. The lowest BCUT2D eigenvalue weighted by atomic mass is 10.0. The Labute approximate surface area is 171 Å². The summed E-state index contributed by atoms with van der Waals surface area (Å²) >= 11 is 0. The minimum Gasteiger partial charge on any atom is -0.503 e. The molecule has 0 spiro atoms. The SMILES string of the molecule is COC=C(C(=O)OC)c1ccccc1CON=C(C)C=CC=Cc1ccccc1. The van der Waals surface area contributed by atoms with Gasteiger partial charge in [-0.2, -0.15) is 0 Å². The Bertz CT molecular complexity index is 911. The Kier molecular flexibility index (Phi) is 8.96. The summed E-state index contributed by atoms with van der Waals surface area (Å²) in [4.78, 5) is 17.5. The number of ether oxygens (including phenoxy) is 2. The smallest absolute Gasteiger partial charge is 0.341 e. The molecular weight excluding hydrogens is 366 g/mol. The third-order valence-electron chi connectivity index (χ3n) is 3.91. The highest BCUT2D eigenvalue weighted by molar-refractivity contribution is 6.16. The highest BCUT2D eigenvalue weighted by Gasteiger charge is 2.16. The first-order valence-electron chi connectivity index (χ1n) is 9.11. The first-order valence-corrected chi connectivity index (χ1v) is 9.11. The quantitative estimate of drug-likeness (QED) is 0.151. The molecule has 5 nitrogen and oxygen atoms in total. The largest absolute Gasteiger partial charge is 0.503 e. The number of methoxy groups -OCH3 is 2. The second kappa shape index (κ2) is 12.0. The van der Waals surface area contributed by atoms with Crippen molar-refractivity contribution < 1.29 is 19.1 Å². The van der Waals surface area contributed by atoms with E-state index in [1.165, 1.54) is 20.5 Å². The van der Waals surface area contributed by atoms with Gasteiger partial charge in [0.15, 0.2) is 0 Å². The molecule has 29 heavy (non-hydrogen) atoms. The van der Waals surface area contributed by atoms with Crippen LogP contribution in [0.1, 0.15) is 23.6 Å². The number of nitrogens with zero attached hydrogens (tertiary/aromatic N) is 1. The van der Waals surface area contributed by atoms with E-state index in [0.29, 0.717) is 11.1 Å². The van der Waals surface area contributed by atoms with Crippen molar-refractivity contribution in [2.24, 2.45) is 5.16 Å². The minimum absolute atomic E-state index is 0.208. The minimum atomic E-state index is -0.480. The summed E-state index contributed by atoms with van der Waals surface area (Å²) < 4.78 is 9.85. The van der Waals surface area contributed by atoms with Crippen molar-refractivity contribution in [1.29, 1.82) is 0 Å². The lowest BCUT2D eigenvalue weighted by molar-refractivity contribution is -0.133. The van der Waals surface area contributed by atoms with Gasteiger partial charge in [0.2, 0.25) is 0 Å². The van der Waals surface area contributed by atoms with Crippen LogP contribution in [0, 0.1) is 0 Å². The Morgan fingerprint density at radius 3 is 2.45 bits per heavy atom. The predicted molar refractivity (Wildman–Crippen MR) is 116 cm³/mol. The number of carbonyl (C=O) groups is 1. The van der Waals surface area contributed by atoms with Crippen molar-refractivity contribution >= 4 is 23.3 Å². The van der Waals surface area contributed by atoms with Gasteiger partial charge in [-0.15, -0.1) is 0 Å². The molecule has 0 radical (unpaired) electrons. The van der Waals surface area contributed by atoms with Gasteiger partial charge in [-0.1, -0.05) is 78.0 Å². The molecule has 5 heteroatoms. The number of oxime groups is 1. The molecular formula is C24H25NO4. The maximum absolute atomic E-state index is 12.0. The normalized spacial score (nSPS) is 12.4. The molecule has 0 aromatic heterocycles. The van der Waals surface area contributed by atoms with Crippen LogP contribution in [-0.4, -0.2) is 25.9 Å². The number of benzene rings is 2. The highest BCUT2D eigenvalue weighted by Crippen LogP contribution is 2.21. The van der Waals surface area contributed by atoms with E-state index in [1.807, 2.05) is 85.8 Å². The summed E-state index contributed by atoms with van der Waals surface area (Å²) in [7, 11) is 2.81. The fourth-order valence-corrected chi connectivity index (χ4v) is 2.52. The van der Waals surface area contributed by atoms with Crippen molar-refractivity contribution in [3.8, 4) is 0 Å². The zero-order valence-corrected chi connectivity index (χ0v) is 16.9. The van der Waals surface area contributed by atoms with E-state index in [1.54, 1.807) is 0 Å². The Morgan fingerprint density at radius 2 is 1.72 bits per heavy atom. The zero-order valence-electron chi connectivity index (χ0n) is 16.9. The third kappa shape index (κ3) is 7.14. The molecule has 2 rings (SSSR count). The van der Waals surface area contributed by atoms with Crippen LogP contribution >= 0.6 is 0 Å². The van der Waals surface area contributed by atoms with Gasteiger partial charge in [0.25, 0.3) is 0 Å². The maximum Gasteiger partial charge on any atom is 0.341 e. The molecule has 2 aromatic carbocycles. The van der Waals surface area contributed by atoms with Crippen molar-refractivity contribution in [3.05, 3.63) is 95.8 Å². The molecule has 0 saturated heterocycles. The number of rotatable bonds is 9. The Balaban J connectivity index is 2.01. The summed E-state index contributed by atoms with van der Waals surface area (Å²) in [6, 6.07) is 17.4. The zero-order chi connectivity index (χ0) is 20.9. The molecule has 0 N–H and O–H groups in total. The highest BCUT2D eigenvalue weighted by atomic mass is 16.6. The molecule has 0 saturated carbocycles. The van der Waals surface area contributed by atoms with Crippen LogP contribution in [0.5, 0.6) is 0 Å². The van der Waals surface area contributed by atoms with Crippen molar-refractivity contribution in [2.45, 2.75) is 13.5 Å². The Morgan fingerprint density at radius 1 is 1.00 bits per heavy atom. The van der Waals surface area contributed by atoms with Crippen LogP contribution in [0.3, 0.4) is 0 Å². The molecule has 0 atom stereocenters. The molecule has 150 valence electrons. The van der Waals surface area contributed by atoms with E-state index >= 15 is 0 Å². The van der Waals surface area contributed by atoms with Crippen molar-refractivity contribution in [1.82, 2.24) is 0 Å². The molecule has 0 heterocycles. The summed E-state index contributed by atoms with van der Waals surface area (Å²) in [6.07, 6.45) is 9.08. The van der Waals surface area contributed by atoms with Crippen LogP contribution in [0.2, 0.25) is 0 Å². The molecule has 0 aliphatic rings. The van der Waals surface area contributed by atoms with E-state index in [9.17, 15) is 4.79 Å². The van der Waals surface area contributed by atoms with Gasteiger partial charge in [0, 0.05) is 5.56 Å². The molecule has 0 aliphatic heterocycles. The van der Waals surface area contributed by atoms with Gasteiger partial charge in [0.1, 0.15) is 12.2 Å². The fourth-order valence-electron chi connectivity index (χ4n) is 2.52. The molecule has 0 fully saturated rings. The number of carbonyl (C=O) groups excluding carboxylic acids is 1. The number of hydrogen-bond acceptors (Lipinski definition) is 5. The summed E-state index contributed by atoms with van der Waals surface area (Å²) in [5.41, 5.74) is 3.65. The van der Waals surface area contributed by atoms with Crippen LogP contribution in [0.25, 0.3) is 11.6 Å².